The number of carboxylic acid groups (broad SMARTS) is 1. The zero-order valence-corrected chi connectivity index (χ0v) is 16.6. The van der Waals surface area contributed by atoms with Gasteiger partial charge < -0.3 is 14.9 Å². The zero-order valence-electron chi connectivity index (χ0n) is 16.6. The minimum absolute atomic E-state index is 0.0529. The van der Waals surface area contributed by atoms with Crippen molar-refractivity contribution in [1.82, 2.24) is 9.80 Å². The molecule has 0 spiro atoms. The summed E-state index contributed by atoms with van der Waals surface area (Å²) >= 11 is 0. The standard InChI is InChI=1S/C21H29FN2O4/c1-15(11-17-5-3-6-18(22)13-17)12-20(26)23-9-4-7-19(8-10-23)24(16(2)25)14-21(27)28/h3,5-6,13,15,19H,4,7-12,14H2,1-2H3,(H,27,28). The lowest BCUT2D eigenvalue weighted by Crippen LogP contribution is -2.43. The maximum absolute atomic E-state index is 13.3. The van der Waals surface area contributed by atoms with Crippen LogP contribution in [0, 0.1) is 11.7 Å². The largest absolute Gasteiger partial charge is 0.480 e. The Morgan fingerprint density at radius 3 is 2.68 bits per heavy atom. The van der Waals surface area contributed by atoms with E-state index in [1.165, 1.54) is 24.0 Å². The third-order valence-corrected chi connectivity index (χ3v) is 5.20. The highest BCUT2D eigenvalue weighted by Gasteiger charge is 2.27. The summed E-state index contributed by atoms with van der Waals surface area (Å²) in [4.78, 5) is 38.7. The lowest BCUT2D eigenvalue weighted by Gasteiger charge is -2.29. The van der Waals surface area contributed by atoms with Crippen LogP contribution in [0.4, 0.5) is 4.39 Å². The quantitative estimate of drug-likeness (QED) is 0.774. The van der Waals surface area contributed by atoms with Crippen molar-refractivity contribution in [2.24, 2.45) is 5.92 Å². The number of amides is 2. The number of likely N-dealkylation sites (tertiary alicyclic amines) is 1. The molecule has 0 radical (unpaired) electrons. The molecule has 1 N–H and O–H groups in total. The van der Waals surface area contributed by atoms with Gasteiger partial charge in [-0.3, -0.25) is 14.4 Å². The predicted molar refractivity (Wildman–Crippen MR) is 103 cm³/mol. The predicted octanol–water partition coefficient (Wildman–Crippen LogP) is 2.71. The van der Waals surface area contributed by atoms with Crippen molar-refractivity contribution >= 4 is 17.8 Å². The van der Waals surface area contributed by atoms with Gasteiger partial charge in [0.1, 0.15) is 12.4 Å². The maximum Gasteiger partial charge on any atom is 0.323 e. The van der Waals surface area contributed by atoms with Crippen molar-refractivity contribution < 1.29 is 23.9 Å². The normalized spacial score (nSPS) is 18.2. The molecule has 1 aromatic carbocycles. The van der Waals surface area contributed by atoms with Gasteiger partial charge in [0.2, 0.25) is 11.8 Å². The van der Waals surface area contributed by atoms with Gasteiger partial charge in [-0.2, -0.15) is 0 Å². The van der Waals surface area contributed by atoms with Gasteiger partial charge in [0.15, 0.2) is 0 Å². The number of hydrogen-bond donors (Lipinski definition) is 1. The third-order valence-electron chi connectivity index (χ3n) is 5.20. The molecule has 7 heteroatoms. The number of aliphatic carboxylic acids is 1. The van der Waals surface area contributed by atoms with Crippen LogP contribution in [0.25, 0.3) is 0 Å². The maximum atomic E-state index is 13.3. The Morgan fingerprint density at radius 1 is 1.29 bits per heavy atom. The number of nitrogens with zero attached hydrogens (tertiary/aromatic N) is 2. The van der Waals surface area contributed by atoms with E-state index in [2.05, 4.69) is 0 Å². The molecule has 1 fully saturated rings. The second-order valence-electron chi connectivity index (χ2n) is 7.65. The van der Waals surface area contributed by atoms with Crippen molar-refractivity contribution in [3.8, 4) is 0 Å². The smallest absolute Gasteiger partial charge is 0.323 e. The molecule has 154 valence electrons. The van der Waals surface area contributed by atoms with E-state index in [0.29, 0.717) is 38.8 Å². The average Bonchev–Trinajstić information content (AvgIpc) is 2.85. The molecule has 1 aliphatic heterocycles. The first-order valence-electron chi connectivity index (χ1n) is 9.77. The van der Waals surface area contributed by atoms with Crippen molar-refractivity contribution in [3.05, 3.63) is 35.6 Å². The van der Waals surface area contributed by atoms with Crippen molar-refractivity contribution in [3.63, 3.8) is 0 Å². The molecule has 0 aliphatic carbocycles. The second kappa shape index (κ2) is 10.2. The van der Waals surface area contributed by atoms with Crippen LogP contribution >= 0.6 is 0 Å². The first-order chi connectivity index (χ1) is 13.3. The first kappa shape index (κ1) is 21.9. The summed E-state index contributed by atoms with van der Waals surface area (Å²) in [5.41, 5.74) is 0.877. The van der Waals surface area contributed by atoms with Gasteiger partial charge in [0.25, 0.3) is 0 Å². The van der Waals surface area contributed by atoms with E-state index in [1.54, 1.807) is 11.0 Å². The molecule has 28 heavy (non-hydrogen) atoms. The van der Waals surface area contributed by atoms with Crippen LogP contribution in [-0.4, -0.2) is 58.4 Å². The highest BCUT2D eigenvalue weighted by Crippen LogP contribution is 2.20. The van der Waals surface area contributed by atoms with Gasteiger partial charge in [-0.05, 0) is 49.3 Å². The van der Waals surface area contributed by atoms with Crippen molar-refractivity contribution in [2.45, 2.75) is 52.0 Å². The highest BCUT2D eigenvalue weighted by atomic mass is 19.1. The second-order valence-corrected chi connectivity index (χ2v) is 7.65. The van der Waals surface area contributed by atoms with Crippen LogP contribution in [0.5, 0.6) is 0 Å². The number of hydrogen-bond acceptors (Lipinski definition) is 3. The summed E-state index contributed by atoms with van der Waals surface area (Å²) in [5, 5.41) is 9.03. The molecule has 2 unspecified atom stereocenters. The topological polar surface area (TPSA) is 77.9 Å². The van der Waals surface area contributed by atoms with E-state index in [0.717, 1.165) is 12.0 Å². The van der Waals surface area contributed by atoms with Crippen LogP contribution in [0.2, 0.25) is 0 Å². The minimum atomic E-state index is -1.03. The van der Waals surface area contributed by atoms with E-state index in [-0.39, 0.29) is 36.1 Å². The van der Waals surface area contributed by atoms with E-state index in [9.17, 15) is 18.8 Å². The van der Waals surface area contributed by atoms with Crippen LogP contribution < -0.4 is 0 Å². The van der Waals surface area contributed by atoms with Gasteiger partial charge in [-0.1, -0.05) is 19.1 Å². The Balaban J connectivity index is 1.89. The molecular formula is C21H29FN2O4. The molecule has 2 atom stereocenters. The Bertz CT molecular complexity index is 709. The Labute approximate surface area is 165 Å². The fraction of sp³-hybridized carbons (Fsp3) is 0.571. The summed E-state index contributed by atoms with van der Waals surface area (Å²) in [7, 11) is 0. The van der Waals surface area contributed by atoms with Crippen LogP contribution in [0.1, 0.15) is 45.1 Å². The molecule has 2 rings (SSSR count). The SMILES string of the molecule is CC(=O)N(CC(=O)O)C1CCCN(C(=O)CC(C)Cc2cccc(F)c2)CC1. The lowest BCUT2D eigenvalue weighted by molar-refractivity contribution is -0.145. The molecule has 1 saturated heterocycles. The zero-order chi connectivity index (χ0) is 20.7. The fourth-order valence-corrected chi connectivity index (χ4v) is 3.85. The van der Waals surface area contributed by atoms with Gasteiger partial charge in [0, 0.05) is 32.5 Å². The molecule has 0 bridgehead atoms. The summed E-state index contributed by atoms with van der Waals surface area (Å²) in [6.07, 6.45) is 3.02. The number of benzene rings is 1. The molecule has 2 amide bonds. The van der Waals surface area contributed by atoms with Gasteiger partial charge in [-0.15, -0.1) is 0 Å². The number of carbonyl (C=O) groups is 3. The number of halogens is 1. The van der Waals surface area contributed by atoms with Gasteiger partial charge in [0.05, 0.1) is 0 Å². The van der Waals surface area contributed by atoms with Crippen molar-refractivity contribution in [1.29, 1.82) is 0 Å². The van der Waals surface area contributed by atoms with Crippen LogP contribution in [-0.2, 0) is 20.8 Å². The Hall–Kier alpha value is -2.44. The molecule has 6 nitrogen and oxygen atoms in total. The minimum Gasteiger partial charge on any atom is -0.480 e. The van der Waals surface area contributed by atoms with E-state index in [4.69, 9.17) is 5.11 Å². The summed E-state index contributed by atoms with van der Waals surface area (Å²) in [5.74, 6) is -1.41. The number of carbonyl (C=O) groups excluding carboxylic acids is 2. The molecule has 1 aliphatic rings. The number of rotatable bonds is 7. The molecule has 1 heterocycles. The Kier molecular flexibility index (Phi) is 7.96. The fourth-order valence-electron chi connectivity index (χ4n) is 3.85. The van der Waals surface area contributed by atoms with Gasteiger partial charge >= 0.3 is 5.97 Å². The summed E-state index contributed by atoms with van der Waals surface area (Å²) < 4.78 is 13.3. The molecule has 0 aromatic heterocycles. The monoisotopic (exact) mass is 392 g/mol. The van der Waals surface area contributed by atoms with E-state index in [1.807, 2.05) is 13.0 Å². The van der Waals surface area contributed by atoms with Crippen molar-refractivity contribution in [2.75, 3.05) is 19.6 Å². The number of carboxylic acids is 1. The first-order valence-corrected chi connectivity index (χ1v) is 9.77. The van der Waals surface area contributed by atoms with E-state index >= 15 is 0 Å². The Morgan fingerprint density at radius 2 is 2.04 bits per heavy atom. The van der Waals surface area contributed by atoms with E-state index < -0.39 is 5.97 Å². The molecule has 0 saturated carbocycles. The third kappa shape index (κ3) is 6.62. The van der Waals surface area contributed by atoms with Crippen LogP contribution in [0.3, 0.4) is 0 Å². The summed E-state index contributed by atoms with van der Waals surface area (Å²) in [6.45, 7) is 4.18. The lowest BCUT2D eigenvalue weighted by atomic mass is 9.97. The van der Waals surface area contributed by atoms with Crippen LogP contribution in [0.15, 0.2) is 24.3 Å². The van der Waals surface area contributed by atoms with Gasteiger partial charge in [-0.25, -0.2) is 4.39 Å². The average molecular weight is 392 g/mol. The summed E-state index contributed by atoms with van der Waals surface area (Å²) in [6, 6.07) is 6.28. The molecule has 1 aromatic rings. The molecular weight excluding hydrogens is 363 g/mol. The highest BCUT2D eigenvalue weighted by molar-refractivity contribution is 5.80.